The van der Waals surface area contributed by atoms with Crippen molar-refractivity contribution in [2.24, 2.45) is 0 Å². The van der Waals surface area contributed by atoms with Crippen molar-refractivity contribution in [3.8, 4) is 0 Å². The van der Waals surface area contributed by atoms with Gasteiger partial charge in [-0.25, -0.2) is 0 Å². The number of ketones is 1. The molecule has 0 fully saturated rings. The third-order valence-electron chi connectivity index (χ3n) is 3.07. The van der Waals surface area contributed by atoms with Crippen LogP contribution in [0.2, 0.25) is 0 Å². The summed E-state index contributed by atoms with van der Waals surface area (Å²) in [5, 5.41) is 0. The normalized spacial score (nSPS) is 21.0. The number of rotatable bonds is 2. The van der Waals surface area contributed by atoms with E-state index < -0.39 is 0 Å². The molecule has 2 nitrogen and oxygen atoms in total. The van der Waals surface area contributed by atoms with Crippen LogP contribution in [-0.4, -0.2) is 18.5 Å². The van der Waals surface area contributed by atoms with Crippen LogP contribution in [0.3, 0.4) is 0 Å². The van der Waals surface area contributed by atoms with Crippen molar-refractivity contribution in [2.45, 2.75) is 26.4 Å². The first-order valence-corrected chi connectivity index (χ1v) is 5.54. The van der Waals surface area contributed by atoms with Crippen LogP contribution in [0, 0.1) is 0 Å². The van der Waals surface area contributed by atoms with Crippen LogP contribution in [0.15, 0.2) is 41.5 Å². The van der Waals surface area contributed by atoms with Crippen LogP contribution in [0.4, 0.5) is 0 Å². The summed E-state index contributed by atoms with van der Waals surface area (Å²) >= 11 is 0. The minimum atomic E-state index is -0.300. The highest BCUT2D eigenvalue weighted by Gasteiger charge is 2.24. The van der Waals surface area contributed by atoms with Crippen molar-refractivity contribution in [2.75, 3.05) is 6.61 Å². The molecule has 0 radical (unpaired) electrons. The topological polar surface area (TPSA) is 26.3 Å². The zero-order valence-electron chi connectivity index (χ0n) is 9.69. The Morgan fingerprint density at radius 1 is 1.19 bits per heavy atom. The highest BCUT2D eigenvalue weighted by Crippen LogP contribution is 2.22. The first-order chi connectivity index (χ1) is 7.68. The van der Waals surface area contributed by atoms with Crippen molar-refractivity contribution in [3.63, 3.8) is 0 Å². The highest BCUT2D eigenvalue weighted by molar-refractivity contribution is 5.99. The molecule has 1 unspecified atom stereocenters. The Bertz CT molecular complexity index is 418. The second-order valence-electron chi connectivity index (χ2n) is 4.29. The van der Waals surface area contributed by atoms with E-state index in [0.717, 1.165) is 12.0 Å². The van der Waals surface area contributed by atoms with E-state index in [1.54, 1.807) is 0 Å². The lowest BCUT2D eigenvalue weighted by Crippen LogP contribution is -2.29. The first-order valence-electron chi connectivity index (χ1n) is 5.54. The molecule has 0 bridgehead atoms. The fraction of sp³-hybridized carbons (Fsp3) is 0.357. The van der Waals surface area contributed by atoms with Crippen LogP contribution in [-0.2, 0) is 4.74 Å². The third-order valence-corrected chi connectivity index (χ3v) is 3.07. The van der Waals surface area contributed by atoms with E-state index >= 15 is 0 Å². The second-order valence-corrected chi connectivity index (χ2v) is 4.29. The van der Waals surface area contributed by atoms with E-state index in [4.69, 9.17) is 4.74 Å². The largest absolute Gasteiger partial charge is 0.365 e. The summed E-state index contributed by atoms with van der Waals surface area (Å²) in [5.74, 6) is 0.0902. The van der Waals surface area contributed by atoms with Gasteiger partial charge in [0.05, 0.1) is 6.61 Å². The quantitative estimate of drug-likeness (QED) is 0.561. The minimum absolute atomic E-state index is 0.0902. The van der Waals surface area contributed by atoms with Gasteiger partial charge in [-0.1, -0.05) is 35.9 Å². The molecule has 0 saturated carbocycles. The Morgan fingerprint density at radius 3 is 2.50 bits per heavy atom. The molecule has 1 aliphatic rings. The number of carbonyl (C=O) groups is 1. The number of hydrogen-bond acceptors (Lipinski definition) is 2. The Labute approximate surface area is 95.9 Å². The summed E-state index contributed by atoms with van der Waals surface area (Å²) in [6.45, 7) is 4.71. The molecule has 1 aliphatic heterocycles. The van der Waals surface area contributed by atoms with Gasteiger partial charge in [0, 0.05) is 12.0 Å². The number of hydrogen-bond donors (Lipinski definition) is 0. The molecule has 0 N–H and O–H groups in total. The van der Waals surface area contributed by atoms with Crippen molar-refractivity contribution in [1.29, 1.82) is 0 Å². The van der Waals surface area contributed by atoms with Gasteiger partial charge >= 0.3 is 0 Å². The fourth-order valence-corrected chi connectivity index (χ4v) is 1.82. The molecule has 0 aliphatic carbocycles. The fourth-order valence-electron chi connectivity index (χ4n) is 1.82. The first kappa shape index (κ1) is 11.1. The zero-order valence-corrected chi connectivity index (χ0v) is 9.69. The van der Waals surface area contributed by atoms with Crippen LogP contribution >= 0.6 is 0 Å². The van der Waals surface area contributed by atoms with Gasteiger partial charge in [-0.05, 0) is 19.4 Å². The summed E-state index contributed by atoms with van der Waals surface area (Å²) in [7, 11) is 0. The lowest BCUT2D eigenvalue weighted by Gasteiger charge is -2.23. The lowest BCUT2D eigenvalue weighted by atomic mass is 9.96. The monoisotopic (exact) mass is 216 g/mol. The van der Waals surface area contributed by atoms with Gasteiger partial charge in [0.2, 0.25) is 0 Å². The van der Waals surface area contributed by atoms with Crippen LogP contribution in [0.5, 0.6) is 0 Å². The smallest absolute Gasteiger partial charge is 0.191 e. The van der Waals surface area contributed by atoms with Gasteiger partial charge < -0.3 is 4.74 Å². The maximum Gasteiger partial charge on any atom is 0.191 e. The SMILES string of the molecule is CC1=C(C)CC(C(=O)c2ccccc2)OC1. The Kier molecular flexibility index (Phi) is 3.20. The van der Waals surface area contributed by atoms with E-state index in [9.17, 15) is 4.79 Å². The molecule has 1 heterocycles. The van der Waals surface area contributed by atoms with Gasteiger partial charge in [0.15, 0.2) is 5.78 Å². The van der Waals surface area contributed by atoms with E-state index in [1.807, 2.05) is 30.3 Å². The molecule has 0 saturated heterocycles. The number of ether oxygens (including phenoxy) is 1. The van der Waals surface area contributed by atoms with Crippen molar-refractivity contribution in [3.05, 3.63) is 47.0 Å². The molecular weight excluding hydrogens is 200 g/mol. The van der Waals surface area contributed by atoms with Crippen LogP contribution in [0.1, 0.15) is 30.6 Å². The molecule has 1 aromatic rings. The average Bonchev–Trinajstić information content (AvgIpc) is 2.33. The lowest BCUT2D eigenvalue weighted by molar-refractivity contribution is 0.0434. The summed E-state index contributed by atoms with van der Waals surface area (Å²) in [4.78, 5) is 12.1. The molecular formula is C14H16O2. The summed E-state index contributed by atoms with van der Waals surface area (Å²) in [5.41, 5.74) is 3.26. The summed E-state index contributed by atoms with van der Waals surface area (Å²) in [6, 6.07) is 9.35. The van der Waals surface area contributed by atoms with E-state index in [2.05, 4.69) is 13.8 Å². The number of carbonyl (C=O) groups excluding carboxylic acids is 1. The maximum absolute atomic E-state index is 12.1. The number of Topliss-reactive ketones (excluding diaryl/α,β-unsaturated/α-hetero) is 1. The summed E-state index contributed by atoms with van der Waals surface area (Å²) in [6.07, 6.45) is 0.422. The van der Waals surface area contributed by atoms with Gasteiger partial charge in [0.1, 0.15) is 6.10 Å². The van der Waals surface area contributed by atoms with Gasteiger partial charge in [-0.15, -0.1) is 0 Å². The molecule has 0 spiro atoms. The minimum Gasteiger partial charge on any atom is -0.365 e. The highest BCUT2D eigenvalue weighted by atomic mass is 16.5. The number of benzene rings is 1. The van der Waals surface area contributed by atoms with Crippen LogP contribution in [0.25, 0.3) is 0 Å². The van der Waals surface area contributed by atoms with Crippen molar-refractivity contribution in [1.82, 2.24) is 0 Å². The molecule has 0 aromatic heterocycles. The van der Waals surface area contributed by atoms with Crippen molar-refractivity contribution < 1.29 is 9.53 Å². The second kappa shape index (κ2) is 4.62. The third kappa shape index (κ3) is 2.22. The van der Waals surface area contributed by atoms with Gasteiger partial charge in [-0.2, -0.15) is 0 Å². The Morgan fingerprint density at radius 2 is 1.88 bits per heavy atom. The molecule has 16 heavy (non-hydrogen) atoms. The van der Waals surface area contributed by atoms with E-state index in [-0.39, 0.29) is 11.9 Å². The molecule has 2 rings (SSSR count). The van der Waals surface area contributed by atoms with E-state index in [1.165, 1.54) is 11.1 Å². The molecule has 1 aromatic carbocycles. The Hall–Kier alpha value is -1.41. The standard InChI is InChI=1S/C14H16O2/c1-10-8-13(16-9-11(10)2)14(15)12-6-4-3-5-7-12/h3-7,13H,8-9H2,1-2H3. The van der Waals surface area contributed by atoms with Gasteiger partial charge in [-0.3, -0.25) is 4.79 Å². The Balaban J connectivity index is 2.14. The molecule has 84 valence electrons. The van der Waals surface area contributed by atoms with Gasteiger partial charge in [0.25, 0.3) is 0 Å². The average molecular weight is 216 g/mol. The molecule has 1 atom stereocenters. The van der Waals surface area contributed by atoms with E-state index in [0.29, 0.717) is 6.61 Å². The maximum atomic E-state index is 12.1. The predicted octanol–water partition coefficient (Wildman–Crippen LogP) is 2.99. The zero-order chi connectivity index (χ0) is 11.5. The van der Waals surface area contributed by atoms with Crippen molar-refractivity contribution >= 4 is 5.78 Å². The summed E-state index contributed by atoms with van der Waals surface area (Å²) < 4.78 is 5.57. The molecule has 0 amide bonds. The van der Waals surface area contributed by atoms with Crippen LogP contribution < -0.4 is 0 Å². The molecule has 2 heteroatoms. The predicted molar refractivity (Wildman–Crippen MR) is 63.5 cm³/mol.